The van der Waals surface area contributed by atoms with E-state index >= 15 is 0 Å². The van der Waals surface area contributed by atoms with Crippen molar-refractivity contribution in [1.82, 2.24) is 4.57 Å². The van der Waals surface area contributed by atoms with Crippen LogP contribution in [0.25, 0.3) is 21.7 Å². The Morgan fingerprint density at radius 1 is 1.10 bits per heavy atom. The molecule has 0 amide bonds. The molecule has 1 heterocycles. The van der Waals surface area contributed by atoms with E-state index in [1.807, 2.05) is 48.1 Å². The van der Waals surface area contributed by atoms with Crippen molar-refractivity contribution in [2.75, 3.05) is 6.61 Å². The van der Waals surface area contributed by atoms with Gasteiger partial charge in [-0.15, -0.1) is 0 Å². The first-order valence-corrected chi connectivity index (χ1v) is 9.17. The Hall–Kier alpha value is -3.80. The predicted molar refractivity (Wildman–Crippen MR) is 112 cm³/mol. The Kier molecular flexibility index (Phi) is 5.16. The maximum Gasteiger partial charge on any atom is 0.344 e. The van der Waals surface area contributed by atoms with Crippen LogP contribution in [0.1, 0.15) is 11.1 Å². The summed E-state index contributed by atoms with van der Waals surface area (Å²) < 4.78 is 7.98. The molecule has 1 aromatic heterocycles. The molecule has 0 bridgehead atoms. The quantitative estimate of drug-likeness (QED) is 0.377. The minimum atomic E-state index is -1.07. The van der Waals surface area contributed by atoms with Gasteiger partial charge in [0.1, 0.15) is 12.4 Å². The third-order valence-corrected chi connectivity index (χ3v) is 4.67. The summed E-state index contributed by atoms with van der Waals surface area (Å²) in [5.74, 6) is -0.317. The van der Waals surface area contributed by atoms with Crippen LogP contribution in [0, 0.1) is 0 Å². The minimum absolute atomic E-state index is 0.467. The first kappa shape index (κ1) is 18.6. The molecule has 0 aliphatic carbocycles. The second kappa shape index (κ2) is 8.06. The summed E-state index contributed by atoms with van der Waals surface area (Å²) in [6, 6.07) is 20.4. The highest BCUT2D eigenvalue weighted by Gasteiger charge is 2.07. The molecule has 4 rings (SSSR count). The Bertz CT molecular complexity index is 1210. The topological polar surface area (TPSA) is 73.1 Å². The number of oxime groups is 1. The van der Waals surface area contributed by atoms with Crippen LogP contribution in [-0.4, -0.2) is 28.5 Å². The first-order valence-electron chi connectivity index (χ1n) is 9.17. The molecule has 6 heteroatoms. The van der Waals surface area contributed by atoms with E-state index in [4.69, 9.17) is 14.7 Å². The first-order chi connectivity index (χ1) is 14.1. The van der Waals surface area contributed by atoms with Crippen molar-refractivity contribution in [2.24, 2.45) is 12.2 Å². The number of hydrogen-bond donors (Lipinski definition) is 1. The van der Waals surface area contributed by atoms with Crippen LogP contribution in [0.2, 0.25) is 0 Å². The molecule has 4 aromatic rings. The number of carboxylic acid groups (broad SMARTS) is 1. The fourth-order valence-electron chi connectivity index (χ4n) is 3.28. The Morgan fingerprint density at radius 2 is 1.93 bits per heavy atom. The van der Waals surface area contributed by atoms with E-state index in [-0.39, 0.29) is 0 Å². The molecule has 0 spiro atoms. The normalized spacial score (nSPS) is 11.3. The number of carboxylic acids is 1. The van der Waals surface area contributed by atoms with Crippen molar-refractivity contribution in [2.45, 2.75) is 6.61 Å². The van der Waals surface area contributed by atoms with Gasteiger partial charge in [0.25, 0.3) is 0 Å². The van der Waals surface area contributed by atoms with Crippen LogP contribution in [-0.2, 0) is 23.3 Å². The molecular weight excluding hydrogens is 368 g/mol. The van der Waals surface area contributed by atoms with Gasteiger partial charge in [-0.25, -0.2) is 4.79 Å². The molecule has 1 N–H and O–H groups in total. The van der Waals surface area contributed by atoms with Gasteiger partial charge in [0.05, 0.1) is 6.21 Å². The highest BCUT2D eigenvalue weighted by atomic mass is 16.6. The fraction of sp³-hybridized carbons (Fsp3) is 0.130. The van der Waals surface area contributed by atoms with Crippen LogP contribution in [0.4, 0.5) is 0 Å². The predicted octanol–water partition coefficient (Wildman–Crippen LogP) is 4.35. The summed E-state index contributed by atoms with van der Waals surface area (Å²) in [7, 11) is 1.94. The molecule has 146 valence electrons. The molecule has 3 aromatic carbocycles. The highest BCUT2D eigenvalue weighted by molar-refractivity contribution is 5.99. The zero-order chi connectivity index (χ0) is 20.2. The van der Waals surface area contributed by atoms with Crippen molar-refractivity contribution in [3.05, 3.63) is 78.0 Å². The molecule has 0 fully saturated rings. The van der Waals surface area contributed by atoms with Gasteiger partial charge in [0.15, 0.2) is 0 Å². The maximum absolute atomic E-state index is 10.5. The number of aryl methyl sites for hydroxylation is 1. The van der Waals surface area contributed by atoms with Crippen LogP contribution in [0.15, 0.2) is 72.0 Å². The van der Waals surface area contributed by atoms with E-state index in [0.29, 0.717) is 6.61 Å². The van der Waals surface area contributed by atoms with Crippen molar-refractivity contribution in [1.29, 1.82) is 0 Å². The standard InChI is InChI=1S/C23H20N2O4/c1-25-13-19(12-24-29-15-23(26)27)21-11-20(8-9-22(21)25)28-14-16-6-7-17-4-2-3-5-18(17)10-16/h2-13H,14-15H2,1H3,(H,26,27). The van der Waals surface area contributed by atoms with Gasteiger partial charge < -0.3 is 19.2 Å². The van der Waals surface area contributed by atoms with Gasteiger partial charge in [0.2, 0.25) is 6.61 Å². The number of carbonyl (C=O) groups is 1. The SMILES string of the molecule is Cn1cc(C=NOCC(=O)O)c2cc(OCc3ccc4ccccc4c3)ccc21. The zero-order valence-corrected chi connectivity index (χ0v) is 15.9. The number of nitrogens with zero attached hydrogens (tertiary/aromatic N) is 2. The number of aliphatic carboxylic acids is 1. The van der Waals surface area contributed by atoms with E-state index in [2.05, 4.69) is 35.5 Å². The monoisotopic (exact) mass is 388 g/mol. The molecule has 0 unspecified atom stereocenters. The third kappa shape index (κ3) is 4.21. The number of aromatic nitrogens is 1. The fourth-order valence-corrected chi connectivity index (χ4v) is 3.28. The summed E-state index contributed by atoms with van der Waals surface area (Å²) >= 11 is 0. The summed E-state index contributed by atoms with van der Waals surface area (Å²) in [6.07, 6.45) is 3.42. The van der Waals surface area contributed by atoms with Gasteiger partial charge in [0, 0.05) is 29.7 Å². The van der Waals surface area contributed by atoms with Crippen LogP contribution in [0.3, 0.4) is 0 Å². The molecule has 0 saturated carbocycles. The van der Waals surface area contributed by atoms with Gasteiger partial charge >= 0.3 is 5.97 Å². The van der Waals surface area contributed by atoms with Crippen LogP contribution in [0.5, 0.6) is 5.75 Å². The van der Waals surface area contributed by atoms with Crippen molar-refractivity contribution >= 4 is 33.9 Å². The lowest BCUT2D eigenvalue weighted by Gasteiger charge is -2.08. The van der Waals surface area contributed by atoms with Crippen molar-refractivity contribution in [3.63, 3.8) is 0 Å². The highest BCUT2D eigenvalue weighted by Crippen LogP contribution is 2.26. The molecule has 0 aliphatic rings. The molecule has 0 aliphatic heterocycles. The van der Waals surface area contributed by atoms with E-state index < -0.39 is 12.6 Å². The Labute approximate surface area is 167 Å². The largest absolute Gasteiger partial charge is 0.489 e. The second-order valence-corrected chi connectivity index (χ2v) is 6.75. The second-order valence-electron chi connectivity index (χ2n) is 6.75. The minimum Gasteiger partial charge on any atom is -0.489 e. The van der Waals surface area contributed by atoms with Crippen molar-refractivity contribution in [3.8, 4) is 5.75 Å². The molecular formula is C23H20N2O4. The van der Waals surface area contributed by atoms with Crippen LogP contribution < -0.4 is 4.74 Å². The molecule has 0 atom stereocenters. The zero-order valence-electron chi connectivity index (χ0n) is 15.9. The van der Waals surface area contributed by atoms with Crippen LogP contribution >= 0.6 is 0 Å². The number of benzene rings is 3. The van der Waals surface area contributed by atoms with E-state index in [9.17, 15) is 4.79 Å². The number of hydrogen-bond acceptors (Lipinski definition) is 4. The smallest absolute Gasteiger partial charge is 0.344 e. The average Bonchev–Trinajstić information content (AvgIpc) is 3.04. The van der Waals surface area contributed by atoms with Gasteiger partial charge in [-0.1, -0.05) is 41.6 Å². The Morgan fingerprint density at radius 3 is 2.76 bits per heavy atom. The number of ether oxygens (including phenoxy) is 1. The molecule has 29 heavy (non-hydrogen) atoms. The van der Waals surface area contributed by atoms with Gasteiger partial charge in [-0.3, -0.25) is 0 Å². The van der Waals surface area contributed by atoms with E-state index in [0.717, 1.165) is 27.8 Å². The molecule has 6 nitrogen and oxygen atoms in total. The lowest BCUT2D eigenvalue weighted by atomic mass is 10.1. The average molecular weight is 388 g/mol. The lowest BCUT2D eigenvalue weighted by molar-refractivity contribution is -0.142. The number of fused-ring (bicyclic) bond motifs is 2. The Balaban J connectivity index is 1.52. The summed E-state index contributed by atoms with van der Waals surface area (Å²) in [4.78, 5) is 15.3. The molecule has 0 radical (unpaired) electrons. The molecule has 0 saturated heterocycles. The third-order valence-electron chi connectivity index (χ3n) is 4.67. The maximum atomic E-state index is 10.5. The van der Waals surface area contributed by atoms with E-state index in [1.165, 1.54) is 17.0 Å². The summed E-state index contributed by atoms with van der Waals surface area (Å²) in [5, 5.41) is 15.7. The summed E-state index contributed by atoms with van der Waals surface area (Å²) in [6.45, 7) is -0.00426. The van der Waals surface area contributed by atoms with Gasteiger partial charge in [-0.2, -0.15) is 0 Å². The number of rotatable bonds is 7. The van der Waals surface area contributed by atoms with E-state index in [1.54, 1.807) is 0 Å². The van der Waals surface area contributed by atoms with Crippen molar-refractivity contribution < 1.29 is 19.5 Å². The van der Waals surface area contributed by atoms with Gasteiger partial charge in [-0.05, 0) is 40.6 Å². The summed E-state index contributed by atoms with van der Waals surface area (Å²) in [5.41, 5.74) is 2.94. The lowest BCUT2D eigenvalue weighted by Crippen LogP contribution is -2.03.